The molecule has 0 saturated heterocycles. The summed E-state index contributed by atoms with van der Waals surface area (Å²) < 4.78 is 21.2. The van der Waals surface area contributed by atoms with Crippen molar-refractivity contribution in [2.45, 2.75) is 30.8 Å². The van der Waals surface area contributed by atoms with Gasteiger partial charge in [0, 0.05) is 10.6 Å². The van der Waals surface area contributed by atoms with Gasteiger partial charge in [-0.25, -0.2) is 9.37 Å². The monoisotopic (exact) mass is 495 g/mol. The molecule has 1 aliphatic rings. The number of fused-ring (bicyclic) bond motifs is 3. The Morgan fingerprint density at radius 1 is 1.18 bits per heavy atom. The first kappa shape index (κ1) is 22.6. The molecule has 2 aromatic heterocycles. The summed E-state index contributed by atoms with van der Waals surface area (Å²) in [6.45, 7) is 0. The van der Waals surface area contributed by atoms with Gasteiger partial charge in [-0.05, 0) is 67.6 Å². The van der Waals surface area contributed by atoms with E-state index in [1.54, 1.807) is 49.6 Å². The van der Waals surface area contributed by atoms with E-state index < -0.39 is 5.82 Å². The third-order valence-corrected chi connectivity index (χ3v) is 7.88. The molecule has 9 heteroatoms. The second-order valence-electron chi connectivity index (χ2n) is 7.94. The highest BCUT2D eigenvalue weighted by Crippen LogP contribution is 2.35. The lowest BCUT2D eigenvalue weighted by atomic mass is 9.97. The van der Waals surface area contributed by atoms with Crippen LogP contribution in [0.5, 0.6) is 5.75 Å². The molecule has 1 amide bonds. The van der Waals surface area contributed by atoms with Crippen LogP contribution >= 0.6 is 23.1 Å². The SMILES string of the molecule is COc1ccc(NC(=O)CSc2nc3sc4c(c3c(=O)n2-c2ccccc2F)CCCC4)cc1. The van der Waals surface area contributed by atoms with Crippen LogP contribution < -0.4 is 15.6 Å². The van der Waals surface area contributed by atoms with Crippen LogP contribution in [0.4, 0.5) is 10.1 Å². The van der Waals surface area contributed by atoms with E-state index in [1.165, 1.54) is 26.8 Å². The number of thioether (sulfide) groups is 1. The van der Waals surface area contributed by atoms with E-state index in [2.05, 4.69) is 5.32 Å². The van der Waals surface area contributed by atoms with Gasteiger partial charge in [0.15, 0.2) is 5.16 Å². The molecule has 6 nitrogen and oxygen atoms in total. The molecule has 2 aromatic carbocycles. The van der Waals surface area contributed by atoms with Crippen molar-refractivity contribution in [2.24, 2.45) is 0 Å². The van der Waals surface area contributed by atoms with Crippen molar-refractivity contribution in [2.75, 3.05) is 18.2 Å². The number of nitrogens with one attached hydrogen (secondary N) is 1. The molecular weight excluding hydrogens is 473 g/mol. The van der Waals surface area contributed by atoms with Crippen LogP contribution in [0.1, 0.15) is 23.3 Å². The number of rotatable bonds is 6. The molecule has 34 heavy (non-hydrogen) atoms. The fourth-order valence-corrected chi connectivity index (χ4v) is 6.24. The fraction of sp³-hybridized carbons (Fsp3) is 0.240. The van der Waals surface area contributed by atoms with E-state index >= 15 is 0 Å². The lowest BCUT2D eigenvalue weighted by Crippen LogP contribution is -2.24. The number of anilines is 1. The van der Waals surface area contributed by atoms with E-state index in [9.17, 15) is 14.0 Å². The molecule has 0 unspecified atom stereocenters. The maximum Gasteiger partial charge on any atom is 0.267 e. The van der Waals surface area contributed by atoms with Crippen molar-refractivity contribution >= 4 is 44.9 Å². The molecule has 0 saturated carbocycles. The van der Waals surface area contributed by atoms with Gasteiger partial charge in [0.25, 0.3) is 5.56 Å². The molecule has 0 atom stereocenters. The molecule has 0 aliphatic heterocycles. The lowest BCUT2D eigenvalue weighted by Gasteiger charge is -2.14. The molecular formula is C25H22FN3O3S2. The Hall–Kier alpha value is -3.17. The van der Waals surface area contributed by atoms with Crippen LogP contribution in [-0.2, 0) is 17.6 Å². The molecule has 1 N–H and O–H groups in total. The number of hydrogen-bond acceptors (Lipinski definition) is 6. The quantitative estimate of drug-likeness (QED) is 0.294. The zero-order valence-electron chi connectivity index (χ0n) is 18.5. The summed E-state index contributed by atoms with van der Waals surface area (Å²) in [5.74, 6) is -0.0596. The van der Waals surface area contributed by atoms with Crippen LogP contribution in [0.3, 0.4) is 0 Å². The summed E-state index contributed by atoms with van der Waals surface area (Å²) in [6, 6.07) is 13.2. The molecule has 4 aromatic rings. The van der Waals surface area contributed by atoms with E-state index in [0.717, 1.165) is 43.0 Å². The third-order valence-electron chi connectivity index (χ3n) is 5.76. The predicted molar refractivity (Wildman–Crippen MR) is 134 cm³/mol. The standard InChI is InChI=1S/C25H22FN3O3S2/c1-32-16-12-10-15(11-13-16)27-21(30)14-33-25-28-23-22(17-6-2-5-9-20(17)34-23)24(31)29(25)19-8-4-3-7-18(19)26/h3-4,7-8,10-13H,2,5-6,9,14H2,1H3,(H,27,30). The second kappa shape index (κ2) is 9.60. The number of nitrogens with zero attached hydrogens (tertiary/aromatic N) is 2. The van der Waals surface area contributed by atoms with Crippen molar-refractivity contribution < 1.29 is 13.9 Å². The number of carbonyl (C=O) groups excluding carboxylic acids is 1. The van der Waals surface area contributed by atoms with Gasteiger partial charge in [-0.3, -0.25) is 14.2 Å². The number of thiophene rings is 1. The Kier molecular flexibility index (Phi) is 6.38. The second-order valence-corrected chi connectivity index (χ2v) is 9.97. The number of aryl methyl sites for hydroxylation is 2. The first-order valence-electron chi connectivity index (χ1n) is 10.9. The van der Waals surface area contributed by atoms with Gasteiger partial charge in [-0.15, -0.1) is 11.3 Å². The van der Waals surface area contributed by atoms with Crippen molar-refractivity contribution in [1.82, 2.24) is 9.55 Å². The van der Waals surface area contributed by atoms with Crippen molar-refractivity contribution in [3.05, 3.63) is 75.1 Å². The number of ether oxygens (including phenoxy) is 1. The Balaban J connectivity index is 1.50. The first-order valence-corrected chi connectivity index (χ1v) is 12.7. The normalized spacial score (nSPS) is 13.0. The Morgan fingerprint density at radius 2 is 1.94 bits per heavy atom. The molecule has 0 radical (unpaired) electrons. The van der Waals surface area contributed by atoms with Gasteiger partial charge in [0.05, 0.1) is 23.9 Å². The summed E-state index contributed by atoms with van der Waals surface area (Å²) in [6.07, 6.45) is 3.89. The number of methoxy groups -OCH3 is 1. The average Bonchev–Trinajstić information content (AvgIpc) is 3.23. The van der Waals surface area contributed by atoms with Crippen LogP contribution in [0.2, 0.25) is 0 Å². The zero-order valence-corrected chi connectivity index (χ0v) is 20.1. The minimum Gasteiger partial charge on any atom is -0.497 e. The van der Waals surface area contributed by atoms with E-state index in [-0.39, 0.29) is 22.9 Å². The van der Waals surface area contributed by atoms with Gasteiger partial charge in [-0.2, -0.15) is 0 Å². The topological polar surface area (TPSA) is 73.2 Å². The summed E-state index contributed by atoms with van der Waals surface area (Å²) >= 11 is 2.65. The minimum atomic E-state index is -0.514. The minimum absolute atomic E-state index is 0.0174. The van der Waals surface area contributed by atoms with Crippen LogP contribution in [0, 0.1) is 5.82 Å². The number of benzene rings is 2. The van der Waals surface area contributed by atoms with Crippen molar-refractivity contribution in [1.29, 1.82) is 0 Å². The van der Waals surface area contributed by atoms with E-state index in [1.807, 2.05) is 0 Å². The number of para-hydroxylation sites is 1. The van der Waals surface area contributed by atoms with Crippen LogP contribution in [0.25, 0.3) is 15.9 Å². The Bertz CT molecular complexity index is 1430. The van der Waals surface area contributed by atoms with Crippen molar-refractivity contribution in [3.63, 3.8) is 0 Å². The Labute approximate surface area is 203 Å². The smallest absolute Gasteiger partial charge is 0.267 e. The average molecular weight is 496 g/mol. The van der Waals surface area contributed by atoms with Gasteiger partial charge in [0.1, 0.15) is 16.4 Å². The van der Waals surface area contributed by atoms with Gasteiger partial charge >= 0.3 is 0 Å². The largest absolute Gasteiger partial charge is 0.497 e. The number of aromatic nitrogens is 2. The van der Waals surface area contributed by atoms with Gasteiger partial charge in [-0.1, -0.05) is 23.9 Å². The third kappa shape index (κ3) is 4.33. The molecule has 2 heterocycles. The number of amides is 1. The maximum absolute atomic E-state index is 14.8. The number of carbonyl (C=O) groups is 1. The molecule has 0 fully saturated rings. The maximum atomic E-state index is 14.8. The van der Waals surface area contributed by atoms with Gasteiger partial charge in [0.2, 0.25) is 5.91 Å². The van der Waals surface area contributed by atoms with Crippen LogP contribution in [-0.4, -0.2) is 28.3 Å². The molecule has 1 aliphatic carbocycles. The molecule has 0 bridgehead atoms. The molecule has 0 spiro atoms. The highest BCUT2D eigenvalue weighted by Gasteiger charge is 2.24. The van der Waals surface area contributed by atoms with Crippen molar-refractivity contribution in [3.8, 4) is 11.4 Å². The van der Waals surface area contributed by atoms with E-state index in [0.29, 0.717) is 26.8 Å². The fourth-order valence-electron chi connectivity index (χ4n) is 4.13. The zero-order chi connectivity index (χ0) is 23.7. The summed E-state index contributed by atoms with van der Waals surface area (Å²) in [5, 5.41) is 3.70. The summed E-state index contributed by atoms with van der Waals surface area (Å²) in [7, 11) is 1.58. The summed E-state index contributed by atoms with van der Waals surface area (Å²) in [5.41, 5.74) is 1.53. The van der Waals surface area contributed by atoms with Crippen LogP contribution in [0.15, 0.2) is 58.5 Å². The summed E-state index contributed by atoms with van der Waals surface area (Å²) in [4.78, 5) is 32.9. The lowest BCUT2D eigenvalue weighted by molar-refractivity contribution is -0.113. The molecule has 5 rings (SSSR count). The number of halogens is 1. The van der Waals surface area contributed by atoms with Gasteiger partial charge < -0.3 is 10.1 Å². The predicted octanol–water partition coefficient (Wildman–Crippen LogP) is 5.20. The highest BCUT2D eigenvalue weighted by atomic mass is 32.2. The van der Waals surface area contributed by atoms with E-state index in [4.69, 9.17) is 9.72 Å². The molecule has 174 valence electrons. The first-order chi connectivity index (χ1) is 16.5. The Morgan fingerprint density at radius 3 is 2.71 bits per heavy atom. The highest BCUT2D eigenvalue weighted by molar-refractivity contribution is 7.99. The number of hydrogen-bond donors (Lipinski definition) is 1.